The highest BCUT2D eigenvalue weighted by atomic mass is 16.2. The van der Waals surface area contributed by atoms with Crippen LogP contribution in [0.2, 0.25) is 0 Å². The van der Waals surface area contributed by atoms with Crippen LogP contribution in [0.5, 0.6) is 0 Å². The Kier molecular flexibility index (Phi) is 6.85. The lowest BCUT2D eigenvalue weighted by Gasteiger charge is -2.20. The number of benzene rings is 7. The van der Waals surface area contributed by atoms with Crippen LogP contribution < -0.4 is 4.90 Å². The van der Waals surface area contributed by atoms with Crippen LogP contribution in [0, 0.1) is 0 Å². The van der Waals surface area contributed by atoms with E-state index in [0.717, 1.165) is 44.1 Å². The number of imide groups is 1. The normalized spacial score (nSPS) is 12.5. The fourth-order valence-electron chi connectivity index (χ4n) is 7.19. The van der Waals surface area contributed by atoms with Crippen molar-refractivity contribution in [3.63, 3.8) is 0 Å². The number of para-hydroxylation sites is 1. The Bertz CT molecular complexity index is 2640. The summed E-state index contributed by atoms with van der Waals surface area (Å²) in [4.78, 5) is 43.7. The first kappa shape index (κ1) is 29.3. The summed E-state index contributed by atoms with van der Waals surface area (Å²) in [6, 6.07) is 54.1. The van der Waals surface area contributed by atoms with Gasteiger partial charge in [0.15, 0.2) is 5.78 Å². The van der Waals surface area contributed by atoms with Gasteiger partial charge in [-0.1, -0.05) is 121 Å². The van der Waals surface area contributed by atoms with E-state index in [1.165, 1.54) is 4.90 Å². The number of carbonyl (C=O) groups is 3. The van der Waals surface area contributed by atoms with E-state index in [0.29, 0.717) is 33.6 Å². The van der Waals surface area contributed by atoms with Gasteiger partial charge in [0.25, 0.3) is 11.8 Å². The molecule has 0 fully saturated rings. The number of fused-ring (bicyclic) bond motifs is 4. The highest BCUT2D eigenvalue weighted by molar-refractivity contribution is 6.36. The van der Waals surface area contributed by atoms with Crippen LogP contribution in [-0.2, 0) is 0 Å². The molecule has 2 amide bonds. The van der Waals surface area contributed by atoms with Crippen LogP contribution in [0.1, 0.15) is 36.6 Å². The van der Waals surface area contributed by atoms with Gasteiger partial charge in [-0.25, -0.2) is 4.90 Å². The van der Waals surface area contributed by atoms with Crippen molar-refractivity contribution in [2.45, 2.75) is 0 Å². The van der Waals surface area contributed by atoms with Crippen LogP contribution in [0.25, 0.3) is 49.7 Å². The molecule has 0 aliphatic carbocycles. The average Bonchev–Trinajstić information content (AvgIpc) is 3.65. The first-order valence-corrected chi connectivity index (χ1v) is 16.5. The van der Waals surface area contributed by atoms with Gasteiger partial charge in [0.2, 0.25) is 0 Å². The lowest BCUT2D eigenvalue weighted by Crippen LogP contribution is -2.30. The topological polar surface area (TPSA) is 59.4 Å². The Morgan fingerprint density at radius 3 is 1.84 bits per heavy atom. The maximum Gasteiger partial charge on any atom is 0.268 e. The zero-order valence-electron chi connectivity index (χ0n) is 26.8. The smallest absolute Gasteiger partial charge is 0.268 e. The number of rotatable bonds is 6. The molecule has 1 aliphatic heterocycles. The molecule has 9 rings (SSSR count). The number of hydrogen-bond donors (Lipinski definition) is 0. The van der Waals surface area contributed by atoms with Gasteiger partial charge >= 0.3 is 0 Å². The molecule has 0 spiro atoms. The van der Waals surface area contributed by atoms with Crippen molar-refractivity contribution in [2.24, 2.45) is 0 Å². The van der Waals surface area contributed by atoms with Crippen LogP contribution in [0.4, 0.5) is 5.69 Å². The predicted molar refractivity (Wildman–Crippen MR) is 199 cm³/mol. The van der Waals surface area contributed by atoms with Gasteiger partial charge < -0.3 is 4.57 Å². The number of nitrogens with zero attached hydrogens (tertiary/aromatic N) is 2. The fourth-order valence-corrected chi connectivity index (χ4v) is 7.19. The molecule has 50 heavy (non-hydrogen) atoms. The van der Waals surface area contributed by atoms with Gasteiger partial charge in [-0.05, 0) is 65.2 Å². The largest absolute Gasteiger partial charge is 0.308 e. The maximum atomic E-state index is 14.7. The highest BCUT2D eigenvalue weighted by Gasteiger charge is 2.40. The number of carbonyl (C=O) groups excluding carboxylic acids is 3. The number of amides is 2. The first-order valence-electron chi connectivity index (χ1n) is 16.5. The molecule has 0 atom stereocenters. The van der Waals surface area contributed by atoms with Crippen LogP contribution in [0.3, 0.4) is 0 Å². The van der Waals surface area contributed by atoms with Crippen molar-refractivity contribution in [2.75, 3.05) is 4.90 Å². The number of ketones is 1. The Labute approximate surface area is 288 Å². The SMILES string of the molecule is O=C(c1ccccc1)c1ccc2c(c1)c1ccccc1n2-c1cccc2c1C(=O)N(c1ccc(-c3ccccc3)cc1-c1ccccc1)C2=O. The lowest BCUT2D eigenvalue weighted by atomic mass is 9.97. The molecular weight excluding hydrogens is 617 g/mol. The minimum Gasteiger partial charge on any atom is -0.308 e. The summed E-state index contributed by atoms with van der Waals surface area (Å²) < 4.78 is 2.03. The van der Waals surface area contributed by atoms with Gasteiger partial charge in [0.05, 0.1) is 33.5 Å². The third kappa shape index (κ3) is 4.60. The van der Waals surface area contributed by atoms with Crippen molar-refractivity contribution in [3.8, 4) is 27.9 Å². The summed E-state index contributed by atoms with van der Waals surface area (Å²) in [5, 5.41) is 1.83. The summed E-state index contributed by atoms with van der Waals surface area (Å²) in [5.41, 5.74) is 8.45. The van der Waals surface area contributed by atoms with E-state index in [1.807, 2.05) is 168 Å². The lowest BCUT2D eigenvalue weighted by molar-refractivity contribution is 0.0925. The predicted octanol–water partition coefficient (Wildman–Crippen LogP) is 10.1. The van der Waals surface area contributed by atoms with E-state index in [-0.39, 0.29) is 17.6 Å². The number of aromatic nitrogens is 1. The van der Waals surface area contributed by atoms with Crippen LogP contribution in [-0.4, -0.2) is 22.2 Å². The molecule has 0 bridgehead atoms. The molecule has 0 saturated carbocycles. The third-order valence-corrected chi connectivity index (χ3v) is 9.53. The van der Waals surface area contributed by atoms with Crippen molar-refractivity contribution >= 4 is 45.1 Å². The fraction of sp³-hybridized carbons (Fsp3) is 0. The molecule has 8 aromatic rings. The quantitative estimate of drug-likeness (QED) is 0.134. The second-order valence-corrected chi connectivity index (χ2v) is 12.4. The van der Waals surface area contributed by atoms with E-state index < -0.39 is 0 Å². The Morgan fingerprint density at radius 1 is 0.420 bits per heavy atom. The molecule has 1 aromatic heterocycles. The number of hydrogen-bond acceptors (Lipinski definition) is 3. The van der Waals surface area contributed by atoms with Crippen molar-refractivity contribution < 1.29 is 14.4 Å². The van der Waals surface area contributed by atoms with Gasteiger partial charge in [-0.2, -0.15) is 0 Å². The number of anilines is 1. The van der Waals surface area contributed by atoms with Gasteiger partial charge in [0.1, 0.15) is 0 Å². The molecule has 0 saturated heterocycles. The molecule has 0 N–H and O–H groups in total. The molecule has 1 aliphatic rings. The molecule has 0 unspecified atom stereocenters. The summed E-state index contributed by atoms with van der Waals surface area (Å²) in [5.74, 6) is -0.811. The van der Waals surface area contributed by atoms with E-state index in [4.69, 9.17) is 0 Å². The summed E-state index contributed by atoms with van der Waals surface area (Å²) >= 11 is 0. The average molecular weight is 645 g/mol. The molecule has 2 heterocycles. The summed E-state index contributed by atoms with van der Waals surface area (Å²) in [6.07, 6.45) is 0. The maximum absolute atomic E-state index is 14.7. The highest BCUT2D eigenvalue weighted by Crippen LogP contribution is 2.42. The van der Waals surface area contributed by atoms with Crippen LogP contribution in [0.15, 0.2) is 170 Å². The summed E-state index contributed by atoms with van der Waals surface area (Å²) in [7, 11) is 0. The Hall–Kier alpha value is -6.85. The minimum atomic E-state index is -0.382. The van der Waals surface area contributed by atoms with Crippen molar-refractivity contribution in [1.82, 2.24) is 4.57 Å². The first-order chi connectivity index (χ1) is 24.6. The van der Waals surface area contributed by atoms with Gasteiger partial charge in [-0.15, -0.1) is 0 Å². The molecule has 5 nitrogen and oxygen atoms in total. The monoisotopic (exact) mass is 644 g/mol. The molecule has 0 radical (unpaired) electrons. The Morgan fingerprint density at radius 2 is 1.08 bits per heavy atom. The summed E-state index contributed by atoms with van der Waals surface area (Å²) in [6.45, 7) is 0. The second kappa shape index (κ2) is 11.7. The van der Waals surface area contributed by atoms with Gasteiger partial charge in [0, 0.05) is 27.5 Å². The van der Waals surface area contributed by atoms with E-state index in [2.05, 4.69) is 0 Å². The second-order valence-electron chi connectivity index (χ2n) is 12.4. The van der Waals surface area contributed by atoms with Gasteiger partial charge in [-0.3, -0.25) is 14.4 Å². The standard InChI is InChI=1S/C45H28N2O3/c48-43(31-17-8-3-9-18-31)33-24-26-40-37(28-33)34-19-10-11-21-38(34)46(40)41-22-12-20-35-42(41)45(50)47(44(35)49)39-25-23-32(29-13-4-1-5-14-29)27-36(39)30-15-6-2-7-16-30/h1-28H. The minimum absolute atomic E-state index is 0.0612. The molecule has 7 aromatic carbocycles. The van der Waals surface area contributed by atoms with Crippen LogP contribution >= 0.6 is 0 Å². The van der Waals surface area contributed by atoms with E-state index in [9.17, 15) is 14.4 Å². The zero-order valence-corrected chi connectivity index (χ0v) is 26.8. The zero-order chi connectivity index (χ0) is 33.8. The van der Waals surface area contributed by atoms with Crippen molar-refractivity contribution in [3.05, 3.63) is 192 Å². The molecule has 5 heteroatoms. The third-order valence-electron chi connectivity index (χ3n) is 9.53. The van der Waals surface area contributed by atoms with E-state index in [1.54, 1.807) is 6.07 Å². The molecular formula is C45H28N2O3. The van der Waals surface area contributed by atoms with E-state index >= 15 is 0 Å². The van der Waals surface area contributed by atoms with Crippen molar-refractivity contribution in [1.29, 1.82) is 0 Å². The molecule has 236 valence electrons. The Balaban J connectivity index is 1.20.